The van der Waals surface area contributed by atoms with Crippen LogP contribution in [-0.2, 0) is 0 Å². The number of methoxy groups -OCH3 is 2. The zero-order chi connectivity index (χ0) is 22.2. The van der Waals surface area contributed by atoms with Gasteiger partial charge in [-0.15, -0.1) is 0 Å². The zero-order valence-corrected chi connectivity index (χ0v) is 17.0. The fourth-order valence-electron chi connectivity index (χ4n) is 3.63. The van der Waals surface area contributed by atoms with Crippen LogP contribution in [-0.4, -0.2) is 14.2 Å². The fraction of sp³-hybridized carbons (Fsp3) is 0.154. The summed E-state index contributed by atoms with van der Waals surface area (Å²) in [4.78, 5) is 22.3. The maximum absolute atomic E-state index is 11.2. The summed E-state index contributed by atoms with van der Waals surface area (Å²) in [5, 5.41) is 3.16. The lowest BCUT2D eigenvalue weighted by Gasteiger charge is -2.04. The largest absolute Gasteiger partial charge is 0.496 e. The van der Waals surface area contributed by atoms with Crippen molar-refractivity contribution in [2.75, 3.05) is 14.2 Å². The van der Waals surface area contributed by atoms with Crippen molar-refractivity contribution in [2.24, 2.45) is 0 Å². The molecule has 0 N–H and O–H groups in total. The molecule has 0 amide bonds. The Balaban J connectivity index is 0.000000180. The van der Waals surface area contributed by atoms with Crippen LogP contribution in [0.15, 0.2) is 88.3 Å². The number of rotatable bonds is 2. The van der Waals surface area contributed by atoms with Crippen LogP contribution < -0.4 is 20.7 Å². The summed E-state index contributed by atoms with van der Waals surface area (Å²) < 4.78 is 31.3. The van der Waals surface area contributed by atoms with Crippen molar-refractivity contribution in [3.8, 4) is 11.5 Å². The molecule has 0 fully saturated rings. The molecule has 6 aromatic rings. The van der Waals surface area contributed by atoms with Crippen LogP contribution in [0.3, 0.4) is 0 Å². The van der Waals surface area contributed by atoms with Gasteiger partial charge in [-0.2, -0.15) is 0 Å². The fourth-order valence-corrected chi connectivity index (χ4v) is 3.63. The van der Waals surface area contributed by atoms with Crippen molar-refractivity contribution in [3.63, 3.8) is 0 Å². The van der Waals surface area contributed by atoms with Gasteiger partial charge in [0.15, 0.2) is 5.58 Å². The van der Waals surface area contributed by atoms with Gasteiger partial charge in [-0.3, -0.25) is 0 Å². The molecule has 8 heteroatoms. The number of furan rings is 2. The third-order valence-corrected chi connectivity index (χ3v) is 5.03. The third kappa shape index (κ3) is 4.01. The molecule has 176 valence electrons. The minimum atomic E-state index is -0.388. The lowest BCUT2D eigenvalue weighted by Crippen LogP contribution is -1.95. The highest BCUT2D eigenvalue weighted by Crippen LogP contribution is 2.35. The van der Waals surface area contributed by atoms with Gasteiger partial charge in [0.2, 0.25) is 0 Å². The maximum atomic E-state index is 11.2. The Bertz CT molecular complexity index is 1690. The molecule has 4 aromatic heterocycles. The SMILES string of the molecule is C.C.COc1c2ccoc2cc2oc(=O)ccc12.COc1cc2occc2c2oc(=O)ccc12. The van der Waals surface area contributed by atoms with E-state index in [1.807, 2.05) is 6.07 Å². The predicted molar refractivity (Wildman–Crippen MR) is 131 cm³/mol. The van der Waals surface area contributed by atoms with Crippen LogP contribution in [0.1, 0.15) is 14.9 Å². The molecule has 2 aromatic carbocycles. The van der Waals surface area contributed by atoms with E-state index in [0.717, 1.165) is 21.5 Å². The first-order valence-electron chi connectivity index (χ1n) is 9.55. The molecule has 0 radical (unpaired) electrons. The number of ether oxygens (including phenoxy) is 2. The molecular weight excluding hydrogens is 440 g/mol. The van der Waals surface area contributed by atoms with Crippen molar-refractivity contribution in [1.29, 1.82) is 0 Å². The molecule has 6 rings (SSSR count). The highest BCUT2D eigenvalue weighted by atomic mass is 16.5. The monoisotopic (exact) mass is 464 g/mol. The van der Waals surface area contributed by atoms with Gasteiger partial charge in [0, 0.05) is 24.3 Å². The van der Waals surface area contributed by atoms with E-state index >= 15 is 0 Å². The van der Waals surface area contributed by atoms with Crippen LogP contribution in [0.25, 0.3) is 43.9 Å². The molecule has 34 heavy (non-hydrogen) atoms. The molecule has 0 unspecified atom stereocenters. The molecule has 0 aliphatic carbocycles. The molecule has 8 nitrogen and oxygen atoms in total. The van der Waals surface area contributed by atoms with Gasteiger partial charge in [0.1, 0.15) is 28.2 Å². The molecule has 0 saturated carbocycles. The second kappa shape index (κ2) is 9.58. The van der Waals surface area contributed by atoms with E-state index in [-0.39, 0.29) is 26.1 Å². The van der Waals surface area contributed by atoms with E-state index in [0.29, 0.717) is 33.8 Å². The third-order valence-electron chi connectivity index (χ3n) is 5.03. The van der Waals surface area contributed by atoms with Crippen LogP contribution in [0, 0.1) is 0 Å². The van der Waals surface area contributed by atoms with Gasteiger partial charge >= 0.3 is 11.3 Å². The Morgan fingerprint density at radius 2 is 1.21 bits per heavy atom. The smallest absolute Gasteiger partial charge is 0.336 e. The van der Waals surface area contributed by atoms with E-state index in [1.165, 1.54) is 12.1 Å². The summed E-state index contributed by atoms with van der Waals surface area (Å²) in [5.74, 6) is 1.28. The average molecular weight is 464 g/mol. The lowest BCUT2D eigenvalue weighted by molar-refractivity contribution is 0.418. The molecule has 0 spiro atoms. The minimum absolute atomic E-state index is 0. The second-order valence-corrected chi connectivity index (χ2v) is 6.82. The Morgan fingerprint density at radius 3 is 1.88 bits per heavy atom. The van der Waals surface area contributed by atoms with Crippen LogP contribution in [0.2, 0.25) is 0 Å². The highest BCUT2D eigenvalue weighted by molar-refractivity contribution is 6.05. The number of fused-ring (bicyclic) bond motifs is 5. The Morgan fingerprint density at radius 1 is 0.618 bits per heavy atom. The summed E-state index contributed by atoms with van der Waals surface area (Å²) >= 11 is 0. The van der Waals surface area contributed by atoms with Crippen LogP contribution >= 0.6 is 0 Å². The molecule has 0 bridgehead atoms. The van der Waals surface area contributed by atoms with Gasteiger partial charge in [-0.1, -0.05) is 14.9 Å². The first-order chi connectivity index (χ1) is 15.6. The second-order valence-electron chi connectivity index (χ2n) is 6.82. The first-order valence-corrected chi connectivity index (χ1v) is 9.55. The molecular formula is C26H24O8. The summed E-state index contributed by atoms with van der Waals surface area (Å²) in [6, 6.07) is 13.2. The van der Waals surface area contributed by atoms with Gasteiger partial charge < -0.3 is 27.1 Å². The number of benzene rings is 2. The van der Waals surface area contributed by atoms with Crippen molar-refractivity contribution in [2.45, 2.75) is 14.9 Å². The Labute approximate surface area is 193 Å². The quantitative estimate of drug-likeness (QED) is 0.272. The topological polar surface area (TPSA) is 105 Å². The maximum Gasteiger partial charge on any atom is 0.336 e. The van der Waals surface area contributed by atoms with Crippen molar-refractivity contribution in [1.82, 2.24) is 0 Å². The van der Waals surface area contributed by atoms with E-state index in [1.54, 1.807) is 57.1 Å². The van der Waals surface area contributed by atoms with Crippen LogP contribution in [0.4, 0.5) is 0 Å². The van der Waals surface area contributed by atoms with Crippen LogP contribution in [0.5, 0.6) is 11.5 Å². The zero-order valence-electron chi connectivity index (χ0n) is 17.0. The summed E-state index contributed by atoms with van der Waals surface area (Å²) in [6.45, 7) is 0. The molecule has 0 aliphatic rings. The lowest BCUT2D eigenvalue weighted by atomic mass is 10.1. The average Bonchev–Trinajstić information content (AvgIpc) is 3.46. The van der Waals surface area contributed by atoms with Gasteiger partial charge in [0.25, 0.3) is 0 Å². The van der Waals surface area contributed by atoms with E-state index < -0.39 is 0 Å². The van der Waals surface area contributed by atoms with Crippen molar-refractivity contribution in [3.05, 3.63) is 81.9 Å². The van der Waals surface area contributed by atoms with Crippen molar-refractivity contribution < 1.29 is 27.1 Å². The summed E-state index contributed by atoms with van der Waals surface area (Å²) in [6.07, 6.45) is 3.13. The Kier molecular flexibility index (Phi) is 6.81. The van der Waals surface area contributed by atoms with Gasteiger partial charge in [-0.05, 0) is 24.3 Å². The normalized spacial score (nSPS) is 10.4. The van der Waals surface area contributed by atoms with E-state index in [9.17, 15) is 9.59 Å². The van der Waals surface area contributed by atoms with E-state index in [2.05, 4.69) is 0 Å². The molecule has 0 aliphatic heterocycles. The molecule has 0 saturated heterocycles. The number of hydrogen-bond acceptors (Lipinski definition) is 8. The first kappa shape index (κ1) is 24.2. The molecule has 0 atom stereocenters. The highest BCUT2D eigenvalue weighted by Gasteiger charge is 2.12. The number of hydrogen-bond donors (Lipinski definition) is 0. The summed E-state index contributed by atoms with van der Waals surface area (Å²) in [5.41, 5.74) is 1.46. The van der Waals surface area contributed by atoms with E-state index in [4.69, 9.17) is 27.1 Å². The standard InChI is InChI=1S/2C12H8O4.2CH4/c1-14-12-7-2-3-11(13)16-10(7)6-9-8(12)4-5-15-9;1-14-9-6-10-8(4-5-15-10)12-7(9)2-3-11(13)16-12;;/h2*2-6H,1H3;2*1H4. The minimum Gasteiger partial charge on any atom is -0.496 e. The van der Waals surface area contributed by atoms with Crippen molar-refractivity contribution >= 4 is 43.9 Å². The predicted octanol–water partition coefficient (Wildman–Crippen LogP) is 6.37. The van der Waals surface area contributed by atoms with Gasteiger partial charge in [-0.25, -0.2) is 9.59 Å². The van der Waals surface area contributed by atoms with Gasteiger partial charge in [0.05, 0.1) is 48.3 Å². The summed E-state index contributed by atoms with van der Waals surface area (Å²) in [7, 11) is 3.14. The Hall–Kier alpha value is -4.46. The molecule has 4 heterocycles.